The highest BCUT2D eigenvalue weighted by molar-refractivity contribution is 7.98. The van der Waals surface area contributed by atoms with Crippen LogP contribution in [0.4, 0.5) is 0 Å². The monoisotopic (exact) mass is 323 g/mol. The number of fused-ring (bicyclic) bond motifs is 1. The lowest BCUT2D eigenvalue weighted by Crippen LogP contribution is -2.39. The zero-order valence-corrected chi connectivity index (χ0v) is 14.4. The molecule has 0 radical (unpaired) electrons. The number of likely N-dealkylation sites (N-methyl/N-ethyl adjacent to an activating group) is 1. The maximum absolute atomic E-state index is 12.3. The van der Waals surface area contributed by atoms with Crippen LogP contribution in [0.2, 0.25) is 0 Å². The van der Waals surface area contributed by atoms with Crippen molar-refractivity contribution in [1.82, 2.24) is 4.90 Å². The SMILES string of the molecule is CCN(C(=O)CCCSC)C(C)Cc1ccc2c(c1)OCO2. The Morgan fingerprint density at radius 1 is 1.36 bits per heavy atom. The maximum Gasteiger partial charge on any atom is 0.231 e. The first-order chi connectivity index (χ1) is 10.7. The van der Waals surface area contributed by atoms with Crippen molar-refractivity contribution in [3.63, 3.8) is 0 Å². The van der Waals surface area contributed by atoms with Crippen molar-refractivity contribution in [2.75, 3.05) is 25.3 Å². The fourth-order valence-corrected chi connectivity index (χ4v) is 3.20. The summed E-state index contributed by atoms with van der Waals surface area (Å²) in [5.41, 5.74) is 1.17. The van der Waals surface area contributed by atoms with Crippen LogP contribution >= 0.6 is 11.8 Å². The van der Waals surface area contributed by atoms with Gasteiger partial charge in [-0.25, -0.2) is 0 Å². The standard InChI is InChI=1S/C17H25NO3S/c1-4-18(17(19)6-5-9-22-3)13(2)10-14-7-8-15-16(11-14)21-12-20-15/h7-8,11,13H,4-6,9-10,12H2,1-3H3. The molecule has 0 saturated heterocycles. The lowest BCUT2D eigenvalue weighted by Gasteiger charge is -2.28. The van der Waals surface area contributed by atoms with Gasteiger partial charge in [-0.15, -0.1) is 0 Å². The zero-order chi connectivity index (χ0) is 15.9. The molecule has 1 atom stereocenters. The molecule has 5 heteroatoms. The summed E-state index contributed by atoms with van der Waals surface area (Å²) >= 11 is 1.79. The van der Waals surface area contributed by atoms with Crippen LogP contribution in [0, 0.1) is 0 Å². The average molecular weight is 323 g/mol. The van der Waals surface area contributed by atoms with Gasteiger partial charge in [-0.05, 0) is 56.4 Å². The lowest BCUT2D eigenvalue weighted by molar-refractivity contribution is -0.132. The molecule has 1 aliphatic rings. The third-order valence-corrected chi connectivity index (χ3v) is 4.60. The van der Waals surface area contributed by atoms with Crippen molar-refractivity contribution in [3.05, 3.63) is 23.8 Å². The van der Waals surface area contributed by atoms with E-state index in [1.54, 1.807) is 11.8 Å². The van der Waals surface area contributed by atoms with E-state index in [0.29, 0.717) is 13.2 Å². The molecule has 0 aromatic heterocycles. The van der Waals surface area contributed by atoms with E-state index in [-0.39, 0.29) is 11.9 Å². The largest absolute Gasteiger partial charge is 0.454 e. The topological polar surface area (TPSA) is 38.8 Å². The molecule has 0 N–H and O–H groups in total. The van der Waals surface area contributed by atoms with Gasteiger partial charge in [0.1, 0.15) is 0 Å². The van der Waals surface area contributed by atoms with Crippen LogP contribution in [-0.2, 0) is 11.2 Å². The highest BCUT2D eigenvalue weighted by atomic mass is 32.2. The second kappa shape index (κ2) is 8.32. The summed E-state index contributed by atoms with van der Waals surface area (Å²) in [6.07, 6.45) is 4.50. The Labute approximate surface area is 137 Å². The number of carbonyl (C=O) groups is 1. The molecule has 1 amide bonds. The molecular formula is C17H25NO3S. The van der Waals surface area contributed by atoms with E-state index in [2.05, 4.69) is 19.2 Å². The average Bonchev–Trinajstić information content (AvgIpc) is 2.95. The Bertz CT molecular complexity index is 507. The van der Waals surface area contributed by atoms with Crippen LogP contribution in [-0.4, -0.2) is 42.2 Å². The first-order valence-electron chi connectivity index (χ1n) is 7.82. The minimum absolute atomic E-state index is 0.187. The van der Waals surface area contributed by atoms with Crippen LogP contribution in [0.15, 0.2) is 18.2 Å². The van der Waals surface area contributed by atoms with Gasteiger partial charge in [0.15, 0.2) is 11.5 Å². The lowest BCUT2D eigenvalue weighted by atomic mass is 10.0. The molecule has 0 aliphatic carbocycles. The number of ether oxygens (including phenoxy) is 2. The smallest absolute Gasteiger partial charge is 0.231 e. The van der Waals surface area contributed by atoms with Gasteiger partial charge in [-0.1, -0.05) is 6.07 Å². The number of thioether (sulfide) groups is 1. The van der Waals surface area contributed by atoms with E-state index < -0.39 is 0 Å². The number of amides is 1. The molecule has 0 saturated carbocycles. The van der Waals surface area contributed by atoms with Gasteiger partial charge in [-0.3, -0.25) is 4.79 Å². The molecule has 4 nitrogen and oxygen atoms in total. The quantitative estimate of drug-likeness (QED) is 0.688. The molecule has 122 valence electrons. The van der Waals surface area contributed by atoms with E-state index in [1.165, 1.54) is 5.56 Å². The Morgan fingerprint density at radius 2 is 2.14 bits per heavy atom. The number of hydrogen-bond acceptors (Lipinski definition) is 4. The summed E-state index contributed by atoms with van der Waals surface area (Å²) in [5, 5.41) is 0. The van der Waals surface area contributed by atoms with Gasteiger partial charge >= 0.3 is 0 Å². The predicted octanol–water partition coefficient (Wildman–Crippen LogP) is 3.34. The highest BCUT2D eigenvalue weighted by Gasteiger charge is 2.20. The summed E-state index contributed by atoms with van der Waals surface area (Å²) in [6.45, 7) is 5.20. The molecule has 0 spiro atoms. The van der Waals surface area contributed by atoms with Crippen LogP contribution in [0.3, 0.4) is 0 Å². The van der Waals surface area contributed by atoms with Gasteiger partial charge in [0.25, 0.3) is 0 Å². The highest BCUT2D eigenvalue weighted by Crippen LogP contribution is 2.33. The summed E-state index contributed by atoms with van der Waals surface area (Å²) in [6, 6.07) is 6.20. The van der Waals surface area contributed by atoms with Gasteiger partial charge in [0.2, 0.25) is 12.7 Å². The van der Waals surface area contributed by atoms with E-state index >= 15 is 0 Å². The molecule has 22 heavy (non-hydrogen) atoms. The van der Waals surface area contributed by atoms with Crippen molar-refractivity contribution < 1.29 is 14.3 Å². The Morgan fingerprint density at radius 3 is 2.86 bits per heavy atom. The summed E-state index contributed by atoms with van der Waals surface area (Å²) in [4.78, 5) is 14.3. The van der Waals surface area contributed by atoms with Crippen LogP contribution in [0.1, 0.15) is 32.3 Å². The van der Waals surface area contributed by atoms with Gasteiger partial charge < -0.3 is 14.4 Å². The summed E-state index contributed by atoms with van der Waals surface area (Å²) < 4.78 is 10.7. The summed E-state index contributed by atoms with van der Waals surface area (Å²) in [5.74, 6) is 2.90. The molecule has 1 heterocycles. The van der Waals surface area contributed by atoms with Gasteiger partial charge in [-0.2, -0.15) is 11.8 Å². The third-order valence-electron chi connectivity index (χ3n) is 3.90. The Hall–Kier alpha value is -1.36. The molecular weight excluding hydrogens is 298 g/mol. The van der Waals surface area contributed by atoms with Crippen molar-refractivity contribution in [2.45, 2.75) is 39.2 Å². The summed E-state index contributed by atoms with van der Waals surface area (Å²) in [7, 11) is 0. The molecule has 1 aliphatic heterocycles. The van der Waals surface area contributed by atoms with Crippen molar-refractivity contribution in [2.24, 2.45) is 0 Å². The van der Waals surface area contributed by atoms with E-state index in [0.717, 1.165) is 36.6 Å². The number of hydrogen-bond donors (Lipinski definition) is 0. The fraction of sp³-hybridized carbons (Fsp3) is 0.588. The predicted molar refractivity (Wildman–Crippen MR) is 90.7 cm³/mol. The van der Waals surface area contributed by atoms with E-state index in [4.69, 9.17) is 9.47 Å². The number of benzene rings is 1. The molecule has 1 aromatic carbocycles. The molecule has 1 unspecified atom stereocenters. The van der Waals surface area contributed by atoms with Crippen molar-refractivity contribution in [1.29, 1.82) is 0 Å². The van der Waals surface area contributed by atoms with Crippen LogP contribution in [0.25, 0.3) is 0 Å². The van der Waals surface area contributed by atoms with Gasteiger partial charge in [0, 0.05) is 19.0 Å². The number of rotatable bonds is 8. The molecule has 2 rings (SSSR count). The van der Waals surface area contributed by atoms with Crippen LogP contribution in [0.5, 0.6) is 11.5 Å². The number of nitrogens with zero attached hydrogens (tertiary/aromatic N) is 1. The molecule has 1 aromatic rings. The van der Waals surface area contributed by atoms with E-state index in [9.17, 15) is 4.79 Å². The van der Waals surface area contributed by atoms with Crippen molar-refractivity contribution >= 4 is 17.7 Å². The number of carbonyl (C=O) groups excluding carboxylic acids is 1. The third kappa shape index (κ3) is 4.32. The zero-order valence-electron chi connectivity index (χ0n) is 13.6. The van der Waals surface area contributed by atoms with Gasteiger partial charge in [0.05, 0.1) is 0 Å². The second-order valence-corrected chi connectivity index (χ2v) is 6.50. The van der Waals surface area contributed by atoms with E-state index in [1.807, 2.05) is 24.0 Å². The minimum atomic E-state index is 0.187. The minimum Gasteiger partial charge on any atom is -0.454 e. The second-order valence-electron chi connectivity index (χ2n) is 5.52. The Kier molecular flexibility index (Phi) is 6.43. The van der Waals surface area contributed by atoms with Crippen LogP contribution < -0.4 is 9.47 Å². The fourth-order valence-electron chi connectivity index (χ4n) is 2.76. The maximum atomic E-state index is 12.3. The van der Waals surface area contributed by atoms with Crippen molar-refractivity contribution in [3.8, 4) is 11.5 Å². The first kappa shape index (κ1) is 17.0. The first-order valence-corrected chi connectivity index (χ1v) is 9.22. The molecule has 0 fully saturated rings. The Balaban J connectivity index is 1.93. The molecule has 0 bridgehead atoms. The normalized spacial score (nSPS) is 14.0.